The van der Waals surface area contributed by atoms with Crippen LogP contribution in [0, 0.1) is 0 Å². The van der Waals surface area contributed by atoms with Crippen LogP contribution in [0.1, 0.15) is 6.42 Å². The van der Waals surface area contributed by atoms with Crippen LogP contribution in [-0.4, -0.2) is 44.5 Å². The van der Waals surface area contributed by atoms with Crippen LogP contribution >= 0.6 is 15.9 Å². The van der Waals surface area contributed by atoms with Gasteiger partial charge in [-0.3, -0.25) is 19.1 Å². The van der Waals surface area contributed by atoms with Crippen LogP contribution in [0.15, 0.2) is 58.3 Å². The van der Waals surface area contributed by atoms with Gasteiger partial charge in [-0.1, -0.05) is 12.1 Å². The maximum atomic E-state index is 12.6. The van der Waals surface area contributed by atoms with Gasteiger partial charge in [-0.25, -0.2) is 4.98 Å². The number of para-hydroxylation sites is 1. The SMILES string of the molecule is O=C(Cn1cnc2ccccc2c1=O)N1CCC(Oc2ccncc2Br)C1. The second kappa shape index (κ2) is 7.48. The molecule has 2 aromatic heterocycles. The molecule has 1 aliphatic rings. The average Bonchev–Trinajstić information content (AvgIpc) is 3.15. The van der Waals surface area contributed by atoms with E-state index in [-0.39, 0.29) is 24.1 Å². The Morgan fingerprint density at radius 1 is 1.30 bits per heavy atom. The fraction of sp³-hybridized carbons (Fsp3) is 0.263. The maximum Gasteiger partial charge on any atom is 0.261 e. The molecule has 138 valence electrons. The lowest BCUT2D eigenvalue weighted by atomic mass is 10.2. The number of rotatable bonds is 4. The second-order valence-corrected chi connectivity index (χ2v) is 7.22. The summed E-state index contributed by atoms with van der Waals surface area (Å²) in [4.78, 5) is 35.2. The number of likely N-dealkylation sites (tertiary alicyclic amines) is 1. The molecule has 3 aromatic rings. The highest BCUT2D eigenvalue weighted by molar-refractivity contribution is 9.10. The van der Waals surface area contributed by atoms with Crippen molar-refractivity contribution in [2.24, 2.45) is 0 Å². The Bertz CT molecular complexity index is 1050. The number of ether oxygens (including phenoxy) is 1. The second-order valence-electron chi connectivity index (χ2n) is 6.37. The molecule has 0 saturated carbocycles. The van der Waals surface area contributed by atoms with Gasteiger partial charge in [0.1, 0.15) is 18.4 Å². The fourth-order valence-electron chi connectivity index (χ4n) is 3.15. The fourth-order valence-corrected chi connectivity index (χ4v) is 3.50. The Morgan fingerprint density at radius 2 is 2.15 bits per heavy atom. The van der Waals surface area contributed by atoms with Gasteiger partial charge in [0.15, 0.2) is 0 Å². The molecule has 1 aromatic carbocycles. The summed E-state index contributed by atoms with van der Waals surface area (Å²) >= 11 is 3.41. The molecule has 7 nitrogen and oxygen atoms in total. The van der Waals surface area contributed by atoms with E-state index in [2.05, 4.69) is 25.9 Å². The molecule has 1 amide bonds. The number of fused-ring (bicyclic) bond motifs is 1. The zero-order valence-electron chi connectivity index (χ0n) is 14.4. The van der Waals surface area contributed by atoms with Gasteiger partial charge < -0.3 is 9.64 Å². The van der Waals surface area contributed by atoms with Crippen molar-refractivity contribution in [3.63, 3.8) is 0 Å². The van der Waals surface area contributed by atoms with Crippen LogP contribution in [0.2, 0.25) is 0 Å². The minimum absolute atomic E-state index is 0.0255. The van der Waals surface area contributed by atoms with Gasteiger partial charge in [0.25, 0.3) is 5.56 Å². The first kappa shape index (κ1) is 17.7. The summed E-state index contributed by atoms with van der Waals surface area (Å²) in [6.07, 6.45) is 5.43. The van der Waals surface area contributed by atoms with Crippen LogP contribution in [0.4, 0.5) is 0 Å². The number of halogens is 1. The molecule has 1 saturated heterocycles. The molecule has 0 bridgehead atoms. The molecule has 0 radical (unpaired) electrons. The standard InChI is InChI=1S/C19H17BrN4O3/c20-15-9-21-7-5-17(15)27-13-6-8-23(10-13)18(25)11-24-12-22-16-4-2-1-3-14(16)19(24)26/h1-5,7,9,12-13H,6,8,10-11H2. The normalized spacial score (nSPS) is 16.6. The van der Waals surface area contributed by atoms with Gasteiger partial charge >= 0.3 is 0 Å². The number of benzene rings is 1. The summed E-state index contributed by atoms with van der Waals surface area (Å²) in [7, 11) is 0. The third kappa shape index (κ3) is 3.71. The lowest BCUT2D eigenvalue weighted by Gasteiger charge is -2.18. The smallest absolute Gasteiger partial charge is 0.261 e. The number of hydrogen-bond donors (Lipinski definition) is 0. The van der Waals surface area contributed by atoms with Crippen molar-refractivity contribution in [3.05, 3.63) is 63.9 Å². The average molecular weight is 429 g/mol. The van der Waals surface area contributed by atoms with Crippen molar-refractivity contribution in [3.8, 4) is 5.75 Å². The highest BCUT2D eigenvalue weighted by Crippen LogP contribution is 2.26. The van der Waals surface area contributed by atoms with E-state index in [4.69, 9.17) is 4.74 Å². The molecule has 1 atom stereocenters. The van der Waals surface area contributed by atoms with E-state index >= 15 is 0 Å². The van der Waals surface area contributed by atoms with Crippen molar-refractivity contribution in [2.75, 3.05) is 13.1 Å². The van der Waals surface area contributed by atoms with E-state index in [9.17, 15) is 9.59 Å². The molecule has 1 aliphatic heterocycles. The van der Waals surface area contributed by atoms with Crippen molar-refractivity contribution in [2.45, 2.75) is 19.1 Å². The molecule has 3 heterocycles. The van der Waals surface area contributed by atoms with Crippen molar-refractivity contribution in [1.82, 2.24) is 19.4 Å². The minimum atomic E-state index is -0.207. The van der Waals surface area contributed by atoms with E-state index in [0.29, 0.717) is 29.7 Å². The van der Waals surface area contributed by atoms with Crippen LogP contribution in [-0.2, 0) is 11.3 Å². The van der Waals surface area contributed by atoms with Crippen LogP contribution in [0.5, 0.6) is 5.75 Å². The topological polar surface area (TPSA) is 77.3 Å². The molecule has 27 heavy (non-hydrogen) atoms. The predicted molar refractivity (Wildman–Crippen MR) is 104 cm³/mol. The lowest BCUT2D eigenvalue weighted by molar-refractivity contribution is -0.131. The van der Waals surface area contributed by atoms with E-state index in [1.807, 2.05) is 6.07 Å². The number of carbonyl (C=O) groups excluding carboxylic acids is 1. The van der Waals surface area contributed by atoms with E-state index in [1.54, 1.807) is 41.6 Å². The quantitative estimate of drug-likeness (QED) is 0.636. The van der Waals surface area contributed by atoms with Crippen LogP contribution in [0.25, 0.3) is 10.9 Å². The third-order valence-corrected chi connectivity index (χ3v) is 5.16. The summed E-state index contributed by atoms with van der Waals surface area (Å²) in [6.45, 7) is 1.06. The Morgan fingerprint density at radius 3 is 3.00 bits per heavy atom. The zero-order valence-corrected chi connectivity index (χ0v) is 16.0. The first-order valence-corrected chi connectivity index (χ1v) is 9.39. The molecule has 8 heteroatoms. The molecular weight excluding hydrogens is 412 g/mol. The molecular formula is C19H17BrN4O3. The lowest BCUT2D eigenvalue weighted by Crippen LogP contribution is -2.36. The maximum absolute atomic E-state index is 12.6. The zero-order chi connectivity index (χ0) is 18.8. The van der Waals surface area contributed by atoms with E-state index in [1.165, 1.54) is 10.9 Å². The number of hydrogen-bond acceptors (Lipinski definition) is 5. The first-order valence-electron chi connectivity index (χ1n) is 8.60. The van der Waals surface area contributed by atoms with Gasteiger partial charge in [0.05, 0.1) is 28.2 Å². The molecule has 0 spiro atoms. The van der Waals surface area contributed by atoms with Crippen molar-refractivity contribution < 1.29 is 9.53 Å². The highest BCUT2D eigenvalue weighted by Gasteiger charge is 2.28. The van der Waals surface area contributed by atoms with Crippen LogP contribution < -0.4 is 10.3 Å². The Kier molecular flexibility index (Phi) is 4.89. The molecule has 0 N–H and O–H groups in total. The number of nitrogens with zero attached hydrogens (tertiary/aromatic N) is 4. The van der Waals surface area contributed by atoms with E-state index in [0.717, 1.165) is 10.9 Å². The van der Waals surface area contributed by atoms with Crippen molar-refractivity contribution in [1.29, 1.82) is 0 Å². The van der Waals surface area contributed by atoms with Crippen molar-refractivity contribution >= 4 is 32.7 Å². The number of amides is 1. The Labute approximate surface area is 163 Å². The summed E-state index contributed by atoms with van der Waals surface area (Å²) < 4.78 is 8.10. The Hall–Kier alpha value is -2.74. The van der Waals surface area contributed by atoms with Gasteiger partial charge in [-0.05, 0) is 34.1 Å². The molecule has 4 rings (SSSR count). The summed E-state index contributed by atoms with van der Waals surface area (Å²) in [5.74, 6) is 0.591. The predicted octanol–water partition coefficient (Wildman–Crippen LogP) is 2.23. The summed E-state index contributed by atoms with van der Waals surface area (Å²) in [5.41, 5.74) is 0.422. The molecule has 1 unspecified atom stereocenters. The first-order chi connectivity index (χ1) is 13.1. The number of aromatic nitrogens is 3. The summed E-state index contributed by atoms with van der Waals surface area (Å²) in [6, 6.07) is 8.91. The van der Waals surface area contributed by atoms with Gasteiger partial charge in [0, 0.05) is 25.4 Å². The Balaban J connectivity index is 1.43. The molecule has 1 fully saturated rings. The molecule has 0 aliphatic carbocycles. The number of pyridine rings is 1. The highest BCUT2D eigenvalue weighted by atomic mass is 79.9. The largest absolute Gasteiger partial charge is 0.487 e. The van der Waals surface area contributed by atoms with Gasteiger partial charge in [0.2, 0.25) is 5.91 Å². The monoisotopic (exact) mass is 428 g/mol. The van der Waals surface area contributed by atoms with Gasteiger partial charge in [-0.15, -0.1) is 0 Å². The minimum Gasteiger partial charge on any atom is -0.487 e. The number of carbonyl (C=O) groups is 1. The van der Waals surface area contributed by atoms with Gasteiger partial charge in [-0.2, -0.15) is 0 Å². The van der Waals surface area contributed by atoms with E-state index < -0.39 is 0 Å². The van der Waals surface area contributed by atoms with Crippen LogP contribution in [0.3, 0.4) is 0 Å². The third-order valence-electron chi connectivity index (χ3n) is 4.56. The summed E-state index contributed by atoms with van der Waals surface area (Å²) in [5, 5.41) is 0.512.